The summed E-state index contributed by atoms with van der Waals surface area (Å²) in [5, 5.41) is 3.13. The number of nitrogens with two attached hydrogens (primary N) is 2. The van der Waals surface area contributed by atoms with Gasteiger partial charge in [-0.05, 0) is 36.4 Å². The molecule has 0 atom stereocenters. The number of amides is 1. The lowest BCUT2D eigenvalue weighted by molar-refractivity contribution is 0.100. The maximum Gasteiger partial charge on any atom is 0.250 e. The smallest absolute Gasteiger partial charge is 0.250 e. The van der Waals surface area contributed by atoms with Crippen LogP contribution in [0.1, 0.15) is 10.4 Å². The monoisotopic (exact) mass is 279 g/mol. The molecule has 0 unspecified atom stereocenters. The summed E-state index contributed by atoms with van der Waals surface area (Å²) in [4.78, 5) is 11.2. The Kier molecular flexibility index (Phi) is 3.57. The van der Waals surface area contributed by atoms with E-state index in [9.17, 15) is 9.18 Å². The summed E-state index contributed by atoms with van der Waals surface area (Å²) in [5.74, 6) is -1.14. The first-order valence-electron chi connectivity index (χ1n) is 5.39. The van der Waals surface area contributed by atoms with E-state index in [4.69, 9.17) is 23.1 Å². The first-order valence-corrected chi connectivity index (χ1v) is 5.76. The van der Waals surface area contributed by atoms with Crippen LogP contribution in [0, 0.1) is 5.82 Å². The summed E-state index contributed by atoms with van der Waals surface area (Å²) in [7, 11) is 0. The minimum Gasteiger partial charge on any atom is -0.398 e. The number of carbonyl (C=O) groups excluding carboxylic acids is 1. The van der Waals surface area contributed by atoms with Gasteiger partial charge in [-0.15, -0.1) is 0 Å². The Morgan fingerprint density at radius 1 is 1.21 bits per heavy atom. The quantitative estimate of drug-likeness (QED) is 0.756. The molecule has 98 valence electrons. The fourth-order valence-corrected chi connectivity index (χ4v) is 1.75. The van der Waals surface area contributed by atoms with Crippen molar-refractivity contribution in [2.45, 2.75) is 0 Å². The normalized spacial score (nSPS) is 10.2. The highest BCUT2D eigenvalue weighted by Crippen LogP contribution is 2.25. The molecular formula is C13H11ClFN3O. The van der Waals surface area contributed by atoms with Crippen LogP contribution in [-0.2, 0) is 0 Å². The number of hydrogen-bond acceptors (Lipinski definition) is 3. The Labute approximate surface area is 114 Å². The van der Waals surface area contributed by atoms with Crippen molar-refractivity contribution in [3.8, 4) is 0 Å². The van der Waals surface area contributed by atoms with Gasteiger partial charge in [-0.3, -0.25) is 4.79 Å². The number of anilines is 3. The molecule has 2 aromatic carbocycles. The van der Waals surface area contributed by atoms with Crippen molar-refractivity contribution >= 4 is 34.6 Å². The van der Waals surface area contributed by atoms with Crippen LogP contribution < -0.4 is 16.8 Å². The molecule has 0 aromatic heterocycles. The third kappa shape index (κ3) is 2.95. The first kappa shape index (κ1) is 13.2. The van der Waals surface area contributed by atoms with Gasteiger partial charge in [0.05, 0.1) is 11.3 Å². The average Bonchev–Trinajstić information content (AvgIpc) is 2.34. The van der Waals surface area contributed by atoms with Crippen molar-refractivity contribution in [3.63, 3.8) is 0 Å². The Morgan fingerprint density at radius 3 is 2.58 bits per heavy atom. The van der Waals surface area contributed by atoms with E-state index in [1.54, 1.807) is 12.1 Å². The lowest BCUT2D eigenvalue weighted by Gasteiger charge is -2.10. The summed E-state index contributed by atoms with van der Waals surface area (Å²) >= 11 is 5.66. The fraction of sp³-hybridized carbons (Fsp3) is 0. The second kappa shape index (κ2) is 5.16. The summed E-state index contributed by atoms with van der Waals surface area (Å²) in [5.41, 5.74) is 12.0. The number of primary amides is 1. The molecule has 4 nitrogen and oxygen atoms in total. The molecule has 0 radical (unpaired) electrons. The highest BCUT2D eigenvalue weighted by Gasteiger charge is 2.08. The predicted molar refractivity (Wildman–Crippen MR) is 74.1 cm³/mol. The van der Waals surface area contributed by atoms with Crippen molar-refractivity contribution in [3.05, 3.63) is 52.8 Å². The Bertz CT molecular complexity index is 646. The maximum atomic E-state index is 13.6. The molecule has 1 amide bonds. The van der Waals surface area contributed by atoms with Gasteiger partial charge in [-0.25, -0.2) is 4.39 Å². The lowest BCUT2D eigenvalue weighted by Crippen LogP contribution is -2.13. The van der Waals surface area contributed by atoms with Gasteiger partial charge in [0.25, 0.3) is 5.91 Å². The first-order chi connectivity index (χ1) is 8.97. The lowest BCUT2D eigenvalue weighted by atomic mass is 10.1. The fourth-order valence-electron chi connectivity index (χ4n) is 1.59. The predicted octanol–water partition coefficient (Wildman–Crippen LogP) is 2.90. The molecule has 0 spiro atoms. The van der Waals surface area contributed by atoms with Crippen LogP contribution in [0.2, 0.25) is 5.02 Å². The zero-order chi connectivity index (χ0) is 14.0. The molecule has 0 saturated carbocycles. The van der Waals surface area contributed by atoms with E-state index < -0.39 is 11.7 Å². The Balaban J connectivity index is 2.33. The molecule has 2 rings (SSSR count). The van der Waals surface area contributed by atoms with Crippen molar-refractivity contribution in [2.24, 2.45) is 5.73 Å². The number of carbonyl (C=O) groups is 1. The number of rotatable bonds is 3. The number of nitrogens with one attached hydrogen (secondary N) is 1. The van der Waals surface area contributed by atoms with Crippen LogP contribution in [0.4, 0.5) is 21.5 Å². The molecule has 2 aromatic rings. The van der Waals surface area contributed by atoms with Crippen LogP contribution in [0.5, 0.6) is 0 Å². The summed E-state index contributed by atoms with van der Waals surface area (Å²) < 4.78 is 13.6. The van der Waals surface area contributed by atoms with E-state index in [0.717, 1.165) is 0 Å². The number of hydrogen-bond donors (Lipinski definition) is 3. The largest absolute Gasteiger partial charge is 0.398 e. The molecule has 0 aliphatic carbocycles. The van der Waals surface area contributed by atoms with Crippen molar-refractivity contribution in [1.29, 1.82) is 0 Å². The standard InChI is InChI=1S/C13H11ClFN3O/c14-7-1-4-12(10(15)5-7)18-8-2-3-11(16)9(6-8)13(17)19/h1-6,18H,16H2,(H2,17,19). The van der Waals surface area contributed by atoms with Gasteiger partial charge in [-0.2, -0.15) is 0 Å². The van der Waals surface area contributed by atoms with Crippen LogP contribution in [0.3, 0.4) is 0 Å². The Morgan fingerprint density at radius 2 is 1.95 bits per heavy atom. The second-order valence-electron chi connectivity index (χ2n) is 3.92. The molecule has 0 bridgehead atoms. The molecule has 0 aliphatic heterocycles. The van der Waals surface area contributed by atoms with E-state index in [-0.39, 0.29) is 16.9 Å². The van der Waals surface area contributed by atoms with E-state index >= 15 is 0 Å². The van der Waals surface area contributed by atoms with Gasteiger partial charge in [-0.1, -0.05) is 11.6 Å². The highest BCUT2D eigenvalue weighted by atomic mass is 35.5. The van der Waals surface area contributed by atoms with Gasteiger partial charge in [0, 0.05) is 16.4 Å². The topological polar surface area (TPSA) is 81.1 Å². The zero-order valence-corrected chi connectivity index (χ0v) is 10.5. The summed E-state index contributed by atoms with van der Waals surface area (Å²) in [6.07, 6.45) is 0. The minimum atomic E-state index is -0.641. The van der Waals surface area contributed by atoms with Crippen LogP contribution in [0.15, 0.2) is 36.4 Å². The van der Waals surface area contributed by atoms with E-state index in [2.05, 4.69) is 5.32 Å². The zero-order valence-electron chi connectivity index (χ0n) is 9.78. The molecule has 0 aliphatic rings. The van der Waals surface area contributed by atoms with Crippen LogP contribution in [0.25, 0.3) is 0 Å². The SMILES string of the molecule is NC(=O)c1cc(Nc2ccc(Cl)cc2F)ccc1N. The van der Waals surface area contributed by atoms with Crippen LogP contribution >= 0.6 is 11.6 Å². The average molecular weight is 280 g/mol. The highest BCUT2D eigenvalue weighted by molar-refractivity contribution is 6.30. The van der Waals surface area contributed by atoms with Gasteiger partial charge >= 0.3 is 0 Å². The second-order valence-corrected chi connectivity index (χ2v) is 4.35. The molecular weight excluding hydrogens is 269 g/mol. The van der Waals surface area contributed by atoms with Gasteiger partial charge in [0.15, 0.2) is 0 Å². The van der Waals surface area contributed by atoms with Gasteiger partial charge in [0.2, 0.25) is 0 Å². The number of halogens is 2. The minimum absolute atomic E-state index is 0.180. The van der Waals surface area contributed by atoms with Crippen molar-refractivity contribution in [1.82, 2.24) is 0 Å². The third-order valence-corrected chi connectivity index (χ3v) is 2.76. The number of nitrogen functional groups attached to an aromatic ring is 1. The van der Waals surface area contributed by atoms with E-state index in [1.165, 1.54) is 24.3 Å². The van der Waals surface area contributed by atoms with Gasteiger partial charge < -0.3 is 16.8 Å². The van der Waals surface area contributed by atoms with Gasteiger partial charge in [0.1, 0.15) is 5.82 Å². The maximum absolute atomic E-state index is 13.6. The molecule has 19 heavy (non-hydrogen) atoms. The number of benzene rings is 2. The molecule has 5 N–H and O–H groups in total. The Hall–Kier alpha value is -2.27. The van der Waals surface area contributed by atoms with Crippen LogP contribution in [-0.4, -0.2) is 5.91 Å². The van der Waals surface area contributed by atoms with E-state index in [1.807, 2.05) is 0 Å². The molecule has 0 heterocycles. The molecule has 6 heteroatoms. The molecule has 0 fully saturated rings. The summed E-state index contributed by atoms with van der Waals surface area (Å²) in [6.45, 7) is 0. The van der Waals surface area contributed by atoms with Crippen molar-refractivity contribution < 1.29 is 9.18 Å². The third-order valence-electron chi connectivity index (χ3n) is 2.53. The van der Waals surface area contributed by atoms with Crippen molar-refractivity contribution in [2.75, 3.05) is 11.1 Å². The molecule has 0 saturated heterocycles. The summed E-state index contributed by atoms with van der Waals surface area (Å²) in [6, 6.07) is 8.85. The van der Waals surface area contributed by atoms with E-state index in [0.29, 0.717) is 10.7 Å².